The molecule has 6 heteroatoms. The molecule has 0 atom stereocenters. The minimum absolute atomic E-state index is 0.00179. The molecule has 1 aliphatic heterocycles. The van der Waals surface area contributed by atoms with Crippen molar-refractivity contribution >= 4 is 11.9 Å². The van der Waals surface area contributed by atoms with Gasteiger partial charge in [-0.25, -0.2) is 4.79 Å². The van der Waals surface area contributed by atoms with Gasteiger partial charge < -0.3 is 20.9 Å². The van der Waals surface area contributed by atoms with Crippen LogP contribution < -0.4 is 16.0 Å². The number of piperazine rings is 1. The molecule has 6 nitrogen and oxygen atoms in total. The van der Waals surface area contributed by atoms with Crippen LogP contribution in [0.4, 0.5) is 4.79 Å². The fraction of sp³-hybridized carbons (Fsp3) is 0.833. The van der Waals surface area contributed by atoms with Crippen LogP contribution in [0.5, 0.6) is 0 Å². The number of urea groups is 1. The van der Waals surface area contributed by atoms with Gasteiger partial charge in [0.15, 0.2) is 0 Å². The minimum Gasteiger partial charge on any atom is -0.339 e. The summed E-state index contributed by atoms with van der Waals surface area (Å²) in [5.74, 6) is -0.00179. The Bertz CT molecular complexity index is 296. The minimum atomic E-state index is -0.217. The topological polar surface area (TPSA) is 73.5 Å². The predicted octanol–water partition coefficient (Wildman–Crippen LogP) is -0.340. The van der Waals surface area contributed by atoms with Crippen molar-refractivity contribution in [1.29, 1.82) is 0 Å². The van der Waals surface area contributed by atoms with Gasteiger partial charge in [0.25, 0.3) is 0 Å². The summed E-state index contributed by atoms with van der Waals surface area (Å²) in [5.41, 5.74) is 0. The molecule has 0 unspecified atom stereocenters. The molecule has 1 saturated carbocycles. The number of amides is 3. The summed E-state index contributed by atoms with van der Waals surface area (Å²) < 4.78 is 0. The van der Waals surface area contributed by atoms with E-state index in [9.17, 15) is 9.59 Å². The number of nitrogens with one attached hydrogen (secondary N) is 3. The molecule has 1 aliphatic carbocycles. The summed E-state index contributed by atoms with van der Waals surface area (Å²) in [6, 6.07) is 0.0738. The molecule has 2 rings (SSSR count). The Hall–Kier alpha value is -1.30. The third-order valence-corrected chi connectivity index (χ3v) is 3.56. The Balaban J connectivity index is 1.63. The van der Waals surface area contributed by atoms with Crippen molar-refractivity contribution in [3.63, 3.8) is 0 Å². The van der Waals surface area contributed by atoms with E-state index in [4.69, 9.17) is 0 Å². The molecule has 2 aliphatic rings. The molecule has 3 amide bonds. The van der Waals surface area contributed by atoms with E-state index in [0.717, 1.165) is 39.0 Å². The van der Waals surface area contributed by atoms with Gasteiger partial charge in [0.05, 0.1) is 6.54 Å². The zero-order chi connectivity index (χ0) is 12.8. The summed E-state index contributed by atoms with van der Waals surface area (Å²) >= 11 is 0. The first-order valence-corrected chi connectivity index (χ1v) is 6.78. The third kappa shape index (κ3) is 3.87. The summed E-state index contributed by atoms with van der Waals surface area (Å²) in [4.78, 5) is 25.2. The molecule has 2 fully saturated rings. The standard InChI is InChI=1S/C12H22N4O2/c17-11(16-7-5-13-6-8-16)9-14-12(18)15-10-3-1-2-4-10/h10,13H,1-9H2,(H2,14,15,18). The van der Waals surface area contributed by atoms with Crippen LogP contribution in [0, 0.1) is 0 Å². The maximum absolute atomic E-state index is 11.8. The number of carbonyl (C=O) groups excluding carboxylic acids is 2. The highest BCUT2D eigenvalue weighted by atomic mass is 16.2. The maximum Gasteiger partial charge on any atom is 0.315 e. The van der Waals surface area contributed by atoms with Crippen LogP contribution in [0.2, 0.25) is 0 Å². The largest absolute Gasteiger partial charge is 0.339 e. The van der Waals surface area contributed by atoms with Gasteiger partial charge in [-0.3, -0.25) is 4.79 Å². The van der Waals surface area contributed by atoms with Gasteiger partial charge in [0, 0.05) is 32.2 Å². The van der Waals surface area contributed by atoms with Gasteiger partial charge in [0.2, 0.25) is 5.91 Å². The van der Waals surface area contributed by atoms with E-state index in [0.29, 0.717) is 6.04 Å². The second kappa shape index (κ2) is 6.58. The SMILES string of the molecule is O=C(NCC(=O)N1CCNCC1)NC1CCCC1. The molecule has 0 aromatic carbocycles. The second-order valence-electron chi connectivity index (χ2n) is 4.94. The summed E-state index contributed by atoms with van der Waals surface area (Å²) in [7, 11) is 0. The highest BCUT2D eigenvalue weighted by Crippen LogP contribution is 2.17. The Morgan fingerprint density at radius 2 is 1.83 bits per heavy atom. The van der Waals surface area contributed by atoms with Gasteiger partial charge in [-0.1, -0.05) is 12.8 Å². The van der Waals surface area contributed by atoms with Crippen LogP contribution in [0.15, 0.2) is 0 Å². The van der Waals surface area contributed by atoms with Crippen LogP contribution in [-0.2, 0) is 4.79 Å². The van der Waals surface area contributed by atoms with Crippen molar-refractivity contribution in [1.82, 2.24) is 20.9 Å². The van der Waals surface area contributed by atoms with Gasteiger partial charge >= 0.3 is 6.03 Å². The second-order valence-corrected chi connectivity index (χ2v) is 4.94. The van der Waals surface area contributed by atoms with E-state index in [1.807, 2.05) is 0 Å². The van der Waals surface area contributed by atoms with Crippen LogP contribution >= 0.6 is 0 Å². The molecule has 18 heavy (non-hydrogen) atoms. The summed E-state index contributed by atoms with van der Waals surface area (Å²) in [5, 5.41) is 8.74. The molecular formula is C12H22N4O2. The van der Waals surface area contributed by atoms with Crippen LogP contribution in [-0.4, -0.2) is 55.6 Å². The Morgan fingerprint density at radius 3 is 2.50 bits per heavy atom. The Labute approximate surface area is 107 Å². The van der Waals surface area contributed by atoms with E-state index >= 15 is 0 Å². The van der Waals surface area contributed by atoms with Crippen molar-refractivity contribution in [3.8, 4) is 0 Å². The quantitative estimate of drug-likeness (QED) is 0.645. The lowest BCUT2D eigenvalue weighted by molar-refractivity contribution is -0.130. The molecule has 0 aromatic heterocycles. The highest BCUT2D eigenvalue weighted by molar-refractivity contribution is 5.84. The van der Waals surface area contributed by atoms with E-state index in [1.165, 1.54) is 12.8 Å². The van der Waals surface area contributed by atoms with Crippen molar-refractivity contribution in [2.75, 3.05) is 32.7 Å². The lowest BCUT2D eigenvalue weighted by Crippen LogP contribution is -2.51. The molecule has 0 bridgehead atoms. The van der Waals surface area contributed by atoms with Crippen molar-refractivity contribution in [3.05, 3.63) is 0 Å². The molecule has 0 aromatic rings. The van der Waals surface area contributed by atoms with E-state index in [1.54, 1.807) is 4.90 Å². The van der Waals surface area contributed by atoms with E-state index in [-0.39, 0.29) is 18.5 Å². The molecule has 0 radical (unpaired) electrons. The van der Waals surface area contributed by atoms with Crippen LogP contribution in [0.25, 0.3) is 0 Å². The number of rotatable bonds is 3. The van der Waals surface area contributed by atoms with Crippen molar-refractivity contribution in [2.45, 2.75) is 31.7 Å². The average Bonchev–Trinajstić information content (AvgIpc) is 2.90. The normalized spacial score (nSPS) is 20.8. The zero-order valence-corrected chi connectivity index (χ0v) is 10.7. The Kier molecular flexibility index (Phi) is 4.81. The monoisotopic (exact) mass is 254 g/mol. The number of hydrogen-bond acceptors (Lipinski definition) is 3. The van der Waals surface area contributed by atoms with Crippen molar-refractivity contribution in [2.24, 2.45) is 0 Å². The van der Waals surface area contributed by atoms with Gasteiger partial charge in [-0.2, -0.15) is 0 Å². The first-order valence-electron chi connectivity index (χ1n) is 6.78. The first-order chi connectivity index (χ1) is 8.75. The smallest absolute Gasteiger partial charge is 0.315 e. The predicted molar refractivity (Wildman–Crippen MR) is 68.2 cm³/mol. The number of carbonyl (C=O) groups is 2. The van der Waals surface area contributed by atoms with Crippen LogP contribution in [0.3, 0.4) is 0 Å². The van der Waals surface area contributed by atoms with Crippen LogP contribution in [0.1, 0.15) is 25.7 Å². The molecule has 1 saturated heterocycles. The number of nitrogens with zero attached hydrogens (tertiary/aromatic N) is 1. The maximum atomic E-state index is 11.8. The lowest BCUT2D eigenvalue weighted by Gasteiger charge is -2.27. The average molecular weight is 254 g/mol. The van der Waals surface area contributed by atoms with E-state index in [2.05, 4.69) is 16.0 Å². The first kappa shape index (κ1) is 13.1. The van der Waals surface area contributed by atoms with Gasteiger partial charge in [-0.05, 0) is 12.8 Å². The van der Waals surface area contributed by atoms with Gasteiger partial charge in [0.1, 0.15) is 0 Å². The fourth-order valence-electron chi connectivity index (χ4n) is 2.49. The third-order valence-electron chi connectivity index (χ3n) is 3.56. The zero-order valence-electron chi connectivity index (χ0n) is 10.7. The van der Waals surface area contributed by atoms with Gasteiger partial charge in [-0.15, -0.1) is 0 Å². The molecule has 1 heterocycles. The van der Waals surface area contributed by atoms with E-state index < -0.39 is 0 Å². The summed E-state index contributed by atoms with van der Waals surface area (Å²) in [6.07, 6.45) is 4.48. The molecular weight excluding hydrogens is 232 g/mol. The number of hydrogen-bond donors (Lipinski definition) is 3. The molecule has 0 spiro atoms. The summed E-state index contributed by atoms with van der Waals surface area (Å²) in [6.45, 7) is 3.22. The Morgan fingerprint density at radius 1 is 1.17 bits per heavy atom. The fourth-order valence-corrected chi connectivity index (χ4v) is 2.49. The highest BCUT2D eigenvalue weighted by Gasteiger charge is 2.19. The van der Waals surface area contributed by atoms with Crippen molar-refractivity contribution < 1.29 is 9.59 Å². The lowest BCUT2D eigenvalue weighted by atomic mass is 10.2. The molecule has 3 N–H and O–H groups in total. The molecule has 102 valence electrons.